The molecule has 0 aliphatic heterocycles. The molecule has 0 spiro atoms. The molecule has 1 atom stereocenters. The molecule has 0 fully saturated rings. The van der Waals surface area contributed by atoms with E-state index in [1.165, 1.54) is 5.56 Å². The van der Waals surface area contributed by atoms with Crippen LogP contribution in [0.1, 0.15) is 40.0 Å². The molecule has 0 saturated heterocycles. The minimum Gasteiger partial charge on any atom is -0.399 e. The highest BCUT2D eigenvalue weighted by atomic mass is 16.1. The molecule has 2 rings (SSSR count). The van der Waals surface area contributed by atoms with Gasteiger partial charge in [0.15, 0.2) is 0 Å². The van der Waals surface area contributed by atoms with Gasteiger partial charge in [-0.2, -0.15) is 0 Å². The summed E-state index contributed by atoms with van der Waals surface area (Å²) in [4.78, 5) is 12.3. The number of nitrogen functional groups attached to an aromatic ring is 1. The molecule has 0 aromatic heterocycles. The maximum atomic E-state index is 12.3. The van der Waals surface area contributed by atoms with Crippen molar-refractivity contribution in [2.45, 2.75) is 26.8 Å². The molecule has 0 bridgehead atoms. The molecular formula is C17H20N2O. The molecule has 20 heavy (non-hydrogen) atoms. The lowest BCUT2D eigenvalue weighted by Gasteiger charge is -2.17. The molecule has 1 amide bonds. The van der Waals surface area contributed by atoms with Crippen LogP contribution in [-0.2, 0) is 0 Å². The zero-order valence-corrected chi connectivity index (χ0v) is 12.1. The minimum absolute atomic E-state index is 0.0263. The summed E-state index contributed by atoms with van der Waals surface area (Å²) in [6.07, 6.45) is 0. The van der Waals surface area contributed by atoms with E-state index in [9.17, 15) is 4.79 Å². The van der Waals surface area contributed by atoms with Gasteiger partial charge in [-0.05, 0) is 55.7 Å². The second kappa shape index (κ2) is 5.78. The molecule has 104 valence electrons. The number of hydrogen-bond donors (Lipinski definition) is 2. The molecule has 3 nitrogen and oxygen atoms in total. The fraction of sp³-hybridized carbons (Fsp3) is 0.235. The summed E-state index contributed by atoms with van der Waals surface area (Å²) in [6, 6.07) is 13.4. The predicted octanol–water partition coefficient (Wildman–Crippen LogP) is 3.38. The van der Waals surface area contributed by atoms with Crippen LogP contribution in [0.2, 0.25) is 0 Å². The highest BCUT2D eigenvalue weighted by molar-refractivity contribution is 5.95. The second-order valence-corrected chi connectivity index (χ2v) is 5.12. The van der Waals surface area contributed by atoms with E-state index >= 15 is 0 Å². The predicted molar refractivity (Wildman–Crippen MR) is 82.7 cm³/mol. The van der Waals surface area contributed by atoms with Crippen molar-refractivity contribution in [3.8, 4) is 0 Å². The Balaban J connectivity index is 2.15. The Hall–Kier alpha value is -2.29. The first-order chi connectivity index (χ1) is 9.49. The van der Waals surface area contributed by atoms with Gasteiger partial charge in [-0.1, -0.05) is 24.3 Å². The smallest absolute Gasteiger partial charge is 0.251 e. The molecule has 0 aliphatic rings. The zero-order valence-electron chi connectivity index (χ0n) is 12.1. The maximum absolute atomic E-state index is 12.3. The first-order valence-corrected chi connectivity index (χ1v) is 6.71. The van der Waals surface area contributed by atoms with Crippen LogP contribution in [0.5, 0.6) is 0 Å². The summed E-state index contributed by atoms with van der Waals surface area (Å²) in [7, 11) is 0. The largest absolute Gasteiger partial charge is 0.399 e. The number of nitrogens with two attached hydrogens (primary N) is 1. The SMILES string of the molecule is Cc1cc(C(=O)N[C@@H](C)c2ccccc2C)ccc1N. The summed E-state index contributed by atoms with van der Waals surface area (Å²) in [5.74, 6) is -0.0798. The standard InChI is InChI=1S/C17H20N2O/c1-11-6-4-5-7-15(11)13(3)19-17(20)14-8-9-16(18)12(2)10-14/h4-10,13H,18H2,1-3H3,(H,19,20)/t13-/m0/s1. The molecule has 2 aromatic rings. The Morgan fingerprint density at radius 1 is 1.10 bits per heavy atom. The van der Waals surface area contributed by atoms with E-state index in [4.69, 9.17) is 5.73 Å². The average Bonchev–Trinajstić information content (AvgIpc) is 2.42. The van der Waals surface area contributed by atoms with E-state index in [-0.39, 0.29) is 11.9 Å². The Labute approximate surface area is 119 Å². The van der Waals surface area contributed by atoms with Gasteiger partial charge in [-0.25, -0.2) is 0 Å². The number of amides is 1. The van der Waals surface area contributed by atoms with E-state index in [0.717, 1.165) is 11.1 Å². The Morgan fingerprint density at radius 2 is 1.80 bits per heavy atom. The second-order valence-electron chi connectivity index (χ2n) is 5.12. The Morgan fingerprint density at radius 3 is 2.45 bits per heavy atom. The lowest BCUT2D eigenvalue weighted by atomic mass is 10.0. The van der Waals surface area contributed by atoms with Crippen molar-refractivity contribution in [3.63, 3.8) is 0 Å². The highest BCUT2D eigenvalue weighted by Gasteiger charge is 2.13. The molecule has 0 saturated carbocycles. The quantitative estimate of drug-likeness (QED) is 0.838. The highest BCUT2D eigenvalue weighted by Crippen LogP contribution is 2.18. The van der Waals surface area contributed by atoms with E-state index in [0.29, 0.717) is 11.3 Å². The van der Waals surface area contributed by atoms with Crippen molar-refractivity contribution in [2.24, 2.45) is 0 Å². The summed E-state index contributed by atoms with van der Waals surface area (Å²) >= 11 is 0. The molecule has 3 heteroatoms. The normalized spacial score (nSPS) is 11.9. The van der Waals surface area contributed by atoms with Crippen molar-refractivity contribution < 1.29 is 4.79 Å². The number of carbonyl (C=O) groups excluding carboxylic acids is 1. The maximum Gasteiger partial charge on any atom is 0.251 e. The van der Waals surface area contributed by atoms with Crippen LogP contribution >= 0.6 is 0 Å². The monoisotopic (exact) mass is 268 g/mol. The van der Waals surface area contributed by atoms with Crippen LogP contribution in [0.15, 0.2) is 42.5 Å². The van der Waals surface area contributed by atoms with Crippen LogP contribution in [0.4, 0.5) is 5.69 Å². The number of benzene rings is 2. The Kier molecular flexibility index (Phi) is 4.08. The molecule has 0 aliphatic carbocycles. The number of rotatable bonds is 3. The summed E-state index contributed by atoms with van der Waals surface area (Å²) in [5.41, 5.74) is 10.3. The van der Waals surface area contributed by atoms with Crippen LogP contribution in [0.25, 0.3) is 0 Å². The lowest BCUT2D eigenvalue weighted by molar-refractivity contribution is 0.0940. The third kappa shape index (κ3) is 2.99. The first kappa shape index (κ1) is 14.1. The van der Waals surface area contributed by atoms with Gasteiger partial charge in [-0.3, -0.25) is 4.79 Å². The van der Waals surface area contributed by atoms with Crippen LogP contribution in [0.3, 0.4) is 0 Å². The first-order valence-electron chi connectivity index (χ1n) is 6.71. The van der Waals surface area contributed by atoms with Gasteiger partial charge in [0.1, 0.15) is 0 Å². The van der Waals surface area contributed by atoms with E-state index < -0.39 is 0 Å². The van der Waals surface area contributed by atoms with Crippen molar-refractivity contribution in [2.75, 3.05) is 5.73 Å². The fourth-order valence-corrected chi connectivity index (χ4v) is 2.25. The number of anilines is 1. The van der Waals surface area contributed by atoms with Gasteiger partial charge < -0.3 is 11.1 Å². The summed E-state index contributed by atoms with van der Waals surface area (Å²) < 4.78 is 0. The van der Waals surface area contributed by atoms with Crippen LogP contribution < -0.4 is 11.1 Å². The zero-order chi connectivity index (χ0) is 14.7. The number of aryl methyl sites for hydroxylation is 2. The molecule has 0 heterocycles. The number of hydrogen-bond acceptors (Lipinski definition) is 2. The molecule has 3 N–H and O–H groups in total. The number of nitrogens with one attached hydrogen (secondary N) is 1. The van der Waals surface area contributed by atoms with Gasteiger partial charge in [-0.15, -0.1) is 0 Å². The van der Waals surface area contributed by atoms with Crippen molar-refractivity contribution >= 4 is 11.6 Å². The van der Waals surface area contributed by atoms with Gasteiger partial charge in [0, 0.05) is 11.3 Å². The molecule has 0 radical (unpaired) electrons. The average molecular weight is 268 g/mol. The molecular weight excluding hydrogens is 248 g/mol. The fourth-order valence-electron chi connectivity index (χ4n) is 2.25. The van der Waals surface area contributed by atoms with Gasteiger partial charge in [0.05, 0.1) is 6.04 Å². The minimum atomic E-state index is -0.0798. The molecule has 2 aromatic carbocycles. The van der Waals surface area contributed by atoms with Gasteiger partial charge >= 0.3 is 0 Å². The van der Waals surface area contributed by atoms with Crippen molar-refractivity contribution in [1.82, 2.24) is 5.32 Å². The Bertz CT molecular complexity index is 635. The number of carbonyl (C=O) groups is 1. The van der Waals surface area contributed by atoms with Crippen molar-refractivity contribution in [1.29, 1.82) is 0 Å². The summed E-state index contributed by atoms with van der Waals surface area (Å²) in [6.45, 7) is 5.94. The third-order valence-corrected chi connectivity index (χ3v) is 3.53. The van der Waals surface area contributed by atoms with Crippen molar-refractivity contribution in [3.05, 3.63) is 64.7 Å². The third-order valence-electron chi connectivity index (χ3n) is 3.53. The van der Waals surface area contributed by atoms with E-state index in [2.05, 4.69) is 5.32 Å². The van der Waals surface area contributed by atoms with Crippen LogP contribution in [-0.4, -0.2) is 5.91 Å². The topological polar surface area (TPSA) is 55.1 Å². The summed E-state index contributed by atoms with van der Waals surface area (Å²) in [5, 5.41) is 3.02. The van der Waals surface area contributed by atoms with E-state index in [1.807, 2.05) is 51.1 Å². The lowest BCUT2D eigenvalue weighted by Crippen LogP contribution is -2.27. The van der Waals surface area contributed by atoms with Crippen LogP contribution in [0, 0.1) is 13.8 Å². The van der Waals surface area contributed by atoms with E-state index in [1.54, 1.807) is 12.1 Å². The van der Waals surface area contributed by atoms with Gasteiger partial charge in [0.25, 0.3) is 5.91 Å². The molecule has 0 unspecified atom stereocenters. The van der Waals surface area contributed by atoms with Gasteiger partial charge in [0.2, 0.25) is 0 Å².